The third-order valence-electron chi connectivity index (χ3n) is 7.49. The maximum absolute atomic E-state index is 13.6. The number of piperidine rings is 2. The summed E-state index contributed by atoms with van der Waals surface area (Å²) in [6.07, 6.45) is 4.33. The number of hydrogen-bond acceptors (Lipinski definition) is 9. The van der Waals surface area contributed by atoms with Gasteiger partial charge in [-0.25, -0.2) is 8.78 Å². The molecule has 1 spiro atoms. The molecule has 0 unspecified atom stereocenters. The average molecular weight is 534 g/mol. The first-order valence-electron chi connectivity index (χ1n) is 12.8. The van der Waals surface area contributed by atoms with Gasteiger partial charge < -0.3 is 19.6 Å². The summed E-state index contributed by atoms with van der Waals surface area (Å²) >= 11 is 1.41. The smallest absolute Gasteiger partial charge is 0.260 e. The summed E-state index contributed by atoms with van der Waals surface area (Å²) in [5.41, 5.74) is 2.72. The highest BCUT2D eigenvalue weighted by Crippen LogP contribution is 2.54. The van der Waals surface area contributed by atoms with E-state index in [9.17, 15) is 13.6 Å². The number of rotatable bonds is 8. The molecule has 0 radical (unpaired) electrons. The van der Waals surface area contributed by atoms with E-state index in [4.69, 9.17) is 5.11 Å². The Hall–Kier alpha value is -2.73. The second-order valence-corrected chi connectivity index (χ2v) is 11.1. The van der Waals surface area contributed by atoms with Crippen molar-refractivity contribution in [2.45, 2.75) is 51.4 Å². The van der Waals surface area contributed by atoms with Gasteiger partial charge in [0.1, 0.15) is 5.82 Å². The molecule has 0 bridgehead atoms. The molecule has 2 aliphatic heterocycles. The Labute approximate surface area is 219 Å². The van der Waals surface area contributed by atoms with E-state index in [-0.39, 0.29) is 44.4 Å². The largest absolute Gasteiger partial charge is 0.395 e. The highest BCUT2D eigenvalue weighted by atomic mass is 32.2. The normalized spacial score (nSPS) is 20.1. The minimum atomic E-state index is -2.67. The third-order valence-corrected chi connectivity index (χ3v) is 8.25. The fourth-order valence-corrected chi connectivity index (χ4v) is 5.48. The van der Waals surface area contributed by atoms with Gasteiger partial charge in [-0.1, -0.05) is 11.9 Å². The maximum atomic E-state index is 13.6. The van der Waals surface area contributed by atoms with E-state index >= 15 is 0 Å². The van der Waals surface area contributed by atoms with Gasteiger partial charge in [0.2, 0.25) is 11.9 Å². The van der Waals surface area contributed by atoms with Crippen LogP contribution in [0.15, 0.2) is 18.2 Å². The quantitative estimate of drug-likeness (QED) is 0.342. The number of aromatic nitrogens is 3. The zero-order chi connectivity index (χ0) is 26.0. The molecule has 5 rings (SSSR count). The molecule has 3 heterocycles. The number of aliphatic hydroxyl groups excluding tert-OH is 1. The lowest BCUT2D eigenvalue weighted by molar-refractivity contribution is -0.0222. The Bertz CT molecular complexity index is 1130. The molecule has 37 heavy (non-hydrogen) atoms. The van der Waals surface area contributed by atoms with E-state index < -0.39 is 5.92 Å². The van der Waals surface area contributed by atoms with Crippen LogP contribution in [0.5, 0.6) is 0 Å². The molecule has 1 aromatic heterocycles. The molecule has 200 valence electrons. The number of aryl methyl sites for hydroxylation is 1. The van der Waals surface area contributed by atoms with Gasteiger partial charge in [-0.15, -0.1) is 0 Å². The molecule has 1 amide bonds. The van der Waals surface area contributed by atoms with Crippen LogP contribution < -0.4 is 19.8 Å². The molecule has 2 aromatic rings. The van der Waals surface area contributed by atoms with Gasteiger partial charge in [-0.05, 0) is 56.2 Å². The molecule has 1 aliphatic carbocycles. The summed E-state index contributed by atoms with van der Waals surface area (Å²) < 4.78 is 30.4. The van der Waals surface area contributed by atoms with Crippen molar-refractivity contribution in [1.82, 2.24) is 15.0 Å². The predicted octanol–water partition coefficient (Wildman–Crippen LogP) is 4.10. The summed E-state index contributed by atoms with van der Waals surface area (Å²) in [7, 11) is 0. The Morgan fingerprint density at radius 2 is 1.73 bits per heavy atom. The number of carbonyl (C=O) groups is 1. The molecule has 9 nitrogen and oxygen atoms in total. The standard InChI is InChI=1S/C25H33F2N7O2S/c1-17-28-22(31-23(29-17)34-12-8-25(26,27)9-13-34)30-21(36)19-3-2-18(32-37-15-14-35)16-20(19)33-10-6-24(4-5-24)7-11-33/h2-3,16,32,35H,4-15H2,1H3,(H,28,29,30,31,36). The molecule has 2 saturated heterocycles. The number of amides is 1. The van der Waals surface area contributed by atoms with Crippen LogP contribution in [0.1, 0.15) is 54.7 Å². The van der Waals surface area contributed by atoms with Crippen LogP contribution >= 0.6 is 11.9 Å². The van der Waals surface area contributed by atoms with Crippen molar-refractivity contribution in [3.05, 3.63) is 29.6 Å². The lowest BCUT2D eigenvalue weighted by Crippen LogP contribution is -2.40. The second-order valence-electron chi connectivity index (χ2n) is 10.2. The van der Waals surface area contributed by atoms with Gasteiger partial charge in [0.15, 0.2) is 0 Å². The van der Waals surface area contributed by atoms with Crippen molar-refractivity contribution in [3.8, 4) is 0 Å². The van der Waals surface area contributed by atoms with Crippen LogP contribution in [0, 0.1) is 12.3 Å². The van der Waals surface area contributed by atoms with E-state index in [1.807, 2.05) is 12.1 Å². The lowest BCUT2D eigenvalue weighted by atomic mass is 9.93. The van der Waals surface area contributed by atoms with E-state index in [1.54, 1.807) is 17.9 Å². The molecule has 1 saturated carbocycles. The van der Waals surface area contributed by atoms with Crippen molar-refractivity contribution in [1.29, 1.82) is 0 Å². The van der Waals surface area contributed by atoms with Crippen LogP contribution in [0.4, 0.5) is 32.1 Å². The van der Waals surface area contributed by atoms with Gasteiger partial charge in [0.05, 0.1) is 17.9 Å². The highest BCUT2D eigenvalue weighted by molar-refractivity contribution is 8.00. The molecule has 0 atom stereocenters. The van der Waals surface area contributed by atoms with Crippen molar-refractivity contribution in [2.75, 3.05) is 58.4 Å². The molecule has 3 N–H and O–H groups in total. The zero-order valence-corrected chi connectivity index (χ0v) is 21.8. The average Bonchev–Trinajstić information content (AvgIpc) is 3.62. The summed E-state index contributed by atoms with van der Waals surface area (Å²) in [6, 6.07) is 5.60. The zero-order valence-electron chi connectivity index (χ0n) is 21.0. The number of alkyl halides is 2. The SMILES string of the molecule is Cc1nc(NC(=O)c2ccc(NSCCO)cc2N2CCC3(CC2)CC3)nc(N2CCC(F)(F)CC2)n1. The first kappa shape index (κ1) is 25.9. The number of aliphatic hydroxyl groups is 1. The van der Waals surface area contributed by atoms with Crippen LogP contribution in [0.2, 0.25) is 0 Å². The number of nitrogens with one attached hydrogen (secondary N) is 2. The minimum absolute atomic E-state index is 0.0758. The number of nitrogens with zero attached hydrogens (tertiary/aromatic N) is 5. The van der Waals surface area contributed by atoms with Crippen LogP contribution in [0.3, 0.4) is 0 Å². The first-order chi connectivity index (χ1) is 17.8. The van der Waals surface area contributed by atoms with Gasteiger partial charge in [-0.3, -0.25) is 10.1 Å². The molecule has 12 heteroatoms. The van der Waals surface area contributed by atoms with Crippen LogP contribution in [-0.4, -0.2) is 70.4 Å². The van der Waals surface area contributed by atoms with Gasteiger partial charge in [-0.2, -0.15) is 15.0 Å². The van der Waals surface area contributed by atoms with Gasteiger partial charge in [0.25, 0.3) is 11.8 Å². The monoisotopic (exact) mass is 533 g/mol. The Kier molecular flexibility index (Phi) is 7.39. The van der Waals surface area contributed by atoms with E-state index in [0.717, 1.165) is 37.3 Å². The van der Waals surface area contributed by atoms with Gasteiger partial charge in [0, 0.05) is 50.5 Å². The Morgan fingerprint density at radius 3 is 2.41 bits per heavy atom. The number of hydrogen-bond donors (Lipinski definition) is 3. The Balaban J connectivity index is 1.35. The maximum Gasteiger partial charge on any atom is 0.260 e. The second kappa shape index (κ2) is 10.6. The Morgan fingerprint density at radius 1 is 1.03 bits per heavy atom. The minimum Gasteiger partial charge on any atom is -0.395 e. The summed E-state index contributed by atoms with van der Waals surface area (Å²) in [5, 5.41) is 11.9. The van der Waals surface area contributed by atoms with Crippen molar-refractivity contribution >= 4 is 41.1 Å². The third kappa shape index (κ3) is 6.23. The fourth-order valence-electron chi connectivity index (χ4n) is 5.00. The molecule has 1 aromatic carbocycles. The molecular weight excluding hydrogens is 500 g/mol. The number of anilines is 4. The highest BCUT2D eigenvalue weighted by Gasteiger charge is 2.44. The number of halogens is 2. The van der Waals surface area contributed by atoms with Crippen molar-refractivity contribution < 1.29 is 18.7 Å². The molecule has 3 aliphatic rings. The van der Waals surface area contributed by atoms with Crippen LogP contribution in [-0.2, 0) is 0 Å². The molecule has 3 fully saturated rings. The number of carbonyl (C=O) groups excluding carboxylic acids is 1. The molecular formula is C25H33F2N7O2S. The van der Waals surface area contributed by atoms with Crippen molar-refractivity contribution in [2.24, 2.45) is 5.41 Å². The summed E-state index contributed by atoms with van der Waals surface area (Å²) in [5.74, 6) is -1.64. The number of benzene rings is 1. The lowest BCUT2D eigenvalue weighted by Gasteiger charge is -2.35. The van der Waals surface area contributed by atoms with E-state index in [2.05, 4.69) is 29.9 Å². The topological polar surface area (TPSA) is 107 Å². The summed E-state index contributed by atoms with van der Waals surface area (Å²) in [4.78, 5) is 30.4. The predicted molar refractivity (Wildman–Crippen MR) is 142 cm³/mol. The van der Waals surface area contributed by atoms with E-state index in [0.29, 0.717) is 28.5 Å². The fraction of sp³-hybridized carbons (Fsp3) is 0.600. The first-order valence-corrected chi connectivity index (χ1v) is 13.8. The van der Waals surface area contributed by atoms with E-state index in [1.165, 1.54) is 24.8 Å². The van der Waals surface area contributed by atoms with Crippen LogP contribution in [0.25, 0.3) is 0 Å². The summed E-state index contributed by atoms with van der Waals surface area (Å²) in [6.45, 7) is 3.84. The van der Waals surface area contributed by atoms with Gasteiger partial charge >= 0.3 is 0 Å². The van der Waals surface area contributed by atoms with Crippen molar-refractivity contribution in [3.63, 3.8) is 0 Å².